The largest absolute Gasteiger partial charge is 0.423 e. The van der Waals surface area contributed by atoms with E-state index >= 15 is 0 Å². The number of carbonyl (C=O) groups is 2. The van der Waals surface area contributed by atoms with Crippen molar-refractivity contribution in [3.63, 3.8) is 0 Å². The highest BCUT2D eigenvalue weighted by molar-refractivity contribution is 6.48. The summed E-state index contributed by atoms with van der Waals surface area (Å²) in [6.07, 6.45) is 3.30. The van der Waals surface area contributed by atoms with Gasteiger partial charge in [-0.1, -0.05) is 36.4 Å². The minimum absolute atomic E-state index is 0.0682. The number of benzene rings is 2. The van der Waals surface area contributed by atoms with Crippen LogP contribution < -0.4 is 4.74 Å². The second-order valence-corrected chi connectivity index (χ2v) is 6.12. The number of Topliss-reactive ketones (excluding diaryl/α,β-unsaturated/α-hetero) is 1. The molecule has 3 nitrogen and oxygen atoms in total. The van der Waals surface area contributed by atoms with Crippen molar-refractivity contribution in [3.8, 4) is 5.75 Å². The summed E-state index contributed by atoms with van der Waals surface area (Å²) in [5.74, 6) is -0.0640. The summed E-state index contributed by atoms with van der Waals surface area (Å²) in [6, 6.07) is 15.6. The maximum absolute atomic E-state index is 12.0. The quantitative estimate of drug-likeness (QED) is 0.290. The Morgan fingerprint density at radius 3 is 2.08 bits per heavy atom. The number of hydrogen-bond donors (Lipinski definition) is 0. The molecule has 0 aliphatic carbocycles. The van der Waals surface area contributed by atoms with Crippen LogP contribution >= 0.6 is 11.6 Å². The molecule has 0 aromatic heterocycles. The number of halogens is 1. The molecule has 0 bridgehead atoms. The zero-order chi connectivity index (χ0) is 19.1. The van der Waals surface area contributed by atoms with Crippen LogP contribution in [0, 0.1) is 0 Å². The van der Waals surface area contributed by atoms with E-state index in [1.165, 1.54) is 6.92 Å². The summed E-state index contributed by atoms with van der Waals surface area (Å²) in [5.41, 5.74) is 2.43. The predicted octanol–water partition coefficient (Wildman–Crippen LogP) is 5.58. The molecule has 0 fully saturated rings. The van der Waals surface area contributed by atoms with Crippen LogP contribution in [0.15, 0.2) is 84.5 Å². The number of hydrogen-bond acceptors (Lipinski definition) is 3. The highest BCUT2D eigenvalue weighted by atomic mass is 35.5. The Hall–Kier alpha value is -2.91. The fraction of sp³-hybridized carbons (Fsp3) is 0.0909. The third-order valence-electron chi connectivity index (χ3n) is 3.59. The molecule has 2 rings (SSSR count). The summed E-state index contributed by atoms with van der Waals surface area (Å²) in [5, 5.41) is 0.464. The van der Waals surface area contributed by atoms with Crippen molar-refractivity contribution in [1.82, 2.24) is 0 Å². The minimum atomic E-state index is -0.421. The summed E-state index contributed by atoms with van der Waals surface area (Å²) < 4.78 is 5.33. The Labute approximate surface area is 158 Å². The van der Waals surface area contributed by atoms with Crippen molar-refractivity contribution in [2.75, 3.05) is 0 Å². The van der Waals surface area contributed by atoms with Crippen LogP contribution in [0.2, 0.25) is 0 Å². The van der Waals surface area contributed by atoms with E-state index in [0.29, 0.717) is 27.5 Å². The second-order valence-electron chi connectivity index (χ2n) is 5.71. The van der Waals surface area contributed by atoms with Crippen molar-refractivity contribution in [2.24, 2.45) is 0 Å². The van der Waals surface area contributed by atoms with E-state index < -0.39 is 5.97 Å². The number of carbonyl (C=O) groups excluding carboxylic acids is 2. The molecule has 0 heterocycles. The van der Waals surface area contributed by atoms with Gasteiger partial charge in [-0.15, -0.1) is 0 Å². The predicted molar refractivity (Wildman–Crippen MR) is 105 cm³/mol. The van der Waals surface area contributed by atoms with E-state index in [1.54, 1.807) is 67.6 Å². The van der Waals surface area contributed by atoms with E-state index in [1.807, 2.05) is 6.07 Å². The highest BCUT2D eigenvalue weighted by Gasteiger charge is 2.08. The van der Waals surface area contributed by atoms with Gasteiger partial charge < -0.3 is 4.74 Å². The first-order valence-electron chi connectivity index (χ1n) is 8.00. The number of ketones is 1. The van der Waals surface area contributed by atoms with Crippen LogP contribution in [-0.4, -0.2) is 11.8 Å². The Kier molecular flexibility index (Phi) is 6.70. The lowest BCUT2D eigenvalue weighted by molar-refractivity contribution is -0.113. The van der Waals surface area contributed by atoms with Gasteiger partial charge in [-0.05, 0) is 73.5 Å². The van der Waals surface area contributed by atoms with E-state index in [0.717, 1.165) is 5.56 Å². The molecule has 2 aromatic rings. The van der Waals surface area contributed by atoms with Gasteiger partial charge in [0.1, 0.15) is 5.75 Å². The van der Waals surface area contributed by atoms with Gasteiger partial charge in [-0.2, -0.15) is 0 Å². The van der Waals surface area contributed by atoms with Crippen molar-refractivity contribution in [3.05, 3.63) is 95.6 Å². The zero-order valence-corrected chi connectivity index (χ0v) is 15.4. The van der Waals surface area contributed by atoms with Gasteiger partial charge >= 0.3 is 5.97 Å². The molecule has 0 amide bonds. The van der Waals surface area contributed by atoms with E-state index in [-0.39, 0.29) is 5.78 Å². The summed E-state index contributed by atoms with van der Waals surface area (Å²) in [6.45, 7) is 7.03. The van der Waals surface area contributed by atoms with Gasteiger partial charge in [-0.3, -0.25) is 4.79 Å². The van der Waals surface area contributed by atoms with Crippen molar-refractivity contribution in [2.45, 2.75) is 13.8 Å². The van der Waals surface area contributed by atoms with Crippen molar-refractivity contribution >= 4 is 28.4 Å². The average molecular weight is 367 g/mol. The van der Waals surface area contributed by atoms with Gasteiger partial charge in [0.15, 0.2) is 5.78 Å². The molecule has 0 atom stereocenters. The Morgan fingerprint density at radius 1 is 0.923 bits per heavy atom. The summed E-state index contributed by atoms with van der Waals surface area (Å²) >= 11 is 6.28. The van der Waals surface area contributed by atoms with Crippen LogP contribution in [0.3, 0.4) is 0 Å². The van der Waals surface area contributed by atoms with Crippen LogP contribution in [0.25, 0.3) is 5.03 Å². The Morgan fingerprint density at radius 2 is 1.54 bits per heavy atom. The standard InChI is InChI=1S/C22H19ClO3/c1-15(2)20(16(3)24)13-14-21(23)17-9-11-19(12-10-17)26-22(25)18-7-5-4-6-8-18/h4-14H,1H2,2-3H3/b20-13-,21-14-. The SMILES string of the molecule is C=C(C)/C(=C/C=C(\Cl)c1ccc(OC(=O)c2ccccc2)cc1)C(C)=O. The Balaban J connectivity index is 2.12. The molecule has 0 saturated carbocycles. The lowest BCUT2D eigenvalue weighted by atomic mass is 10.1. The van der Waals surface area contributed by atoms with Crippen LogP contribution in [0.4, 0.5) is 0 Å². The first-order valence-corrected chi connectivity index (χ1v) is 8.38. The molecule has 2 aromatic carbocycles. The molecule has 0 unspecified atom stereocenters. The molecule has 4 heteroatoms. The number of rotatable bonds is 6. The maximum Gasteiger partial charge on any atom is 0.343 e. The fourth-order valence-electron chi connectivity index (χ4n) is 2.24. The van der Waals surface area contributed by atoms with Gasteiger partial charge in [0.2, 0.25) is 0 Å². The first-order chi connectivity index (χ1) is 12.4. The topological polar surface area (TPSA) is 43.4 Å². The monoisotopic (exact) mass is 366 g/mol. The van der Waals surface area contributed by atoms with E-state index in [9.17, 15) is 9.59 Å². The van der Waals surface area contributed by atoms with Crippen LogP contribution in [-0.2, 0) is 4.79 Å². The van der Waals surface area contributed by atoms with Gasteiger partial charge in [0, 0.05) is 10.6 Å². The molecule has 0 N–H and O–H groups in total. The summed E-state index contributed by atoms with van der Waals surface area (Å²) in [4.78, 5) is 23.6. The lowest BCUT2D eigenvalue weighted by Gasteiger charge is -2.05. The molecule has 0 spiro atoms. The normalized spacial score (nSPS) is 11.8. The molecular weight excluding hydrogens is 348 g/mol. The van der Waals surface area contributed by atoms with Gasteiger partial charge in [-0.25, -0.2) is 4.79 Å². The molecule has 0 aliphatic rings. The molecule has 0 aliphatic heterocycles. The third kappa shape index (κ3) is 5.30. The van der Waals surface area contributed by atoms with Crippen molar-refractivity contribution < 1.29 is 14.3 Å². The van der Waals surface area contributed by atoms with Crippen molar-refractivity contribution in [1.29, 1.82) is 0 Å². The van der Waals surface area contributed by atoms with Gasteiger partial charge in [0.25, 0.3) is 0 Å². The molecular formula is C22H19ClO3. The van der Waals surface area contributed by atoms with Crippen LogP contribution in [0.1, 0.15) is 29.8 Å². The fourth-order valence-corrected chi connectivity index (χ4v) is 2.42. The third-order valence-corrected chi connectivity index (χ3v) is 3.93. The number of ether oxygens (including phenoxy) is 1. The molecule has 0 saturated heterocycles. The minimum Gasteiger partial charge on any atom is -0.423 e. The smallest absolute Gasteiger partial charge is 0.343 e. The average Bonchev–Trinajstić information content (AvgIpc) is 2.62. The molecule has 132 valence electrons. The van der Waals surface area contributed by atoms with E-state index in [2.05, 4.69) is 6.58 Å². The highest BCUT2D eigenvalue weighted by Crippen LogP contribution is 2.23. The maximum atomic E-state index is 12.0. The zero-order valence-electron chi connectivity index (χ0n) is 14.7. The van der Waals surface area contributed by atoms with E-state index in [4.69, 9.17) is 16.3 Å². The second kappa shape index (κ2) is 8.97. The summed E-state index contributed by atoms with van der Waals surface area (Å²) in [7, 11) is 0. The number of allylic oxidation sites excluding steroid dienone is 4. The first kappa shape index (κ1) is 19.4. The molecule has 0 radical (unpaired) electrons. The van der Waals surface area contributed by atoms with Crippen LogP contribution in [0.5, 0.6) is 5.75 Å². The Bertz CT molecular complexity index is 859. The molecule has 26 heavy (non-hydrogen) atoms. The van der Waals surface area contributed by atoms with Gasteiger partial charge in [0.05, 0.1) is 5.56 Å². The lowest BCUT2D eigenvalue weighted by Crippen LogP contribution is -2.07. The number of esters is 1.